The highest BCUT2D eigenvalue weighted by Gasteiger charge is 2.29. The molecule has 0 saturated carbocycles. The fourth-order valence-electron chi connectivity index (χ4n) is 3.62. The smallest absolute Gasteiger partial charge is 0.255 e. The van der Waals surface area contributed by atoms with Gasteiger partial charge in [-0.05, 0) is 44.0 Å². The first kappa shape index (κ1) is 21.6. The van der Waals surface area contributed by atoms with E-state index in [2.05, 4.69) is 5.32 Å². The first-order valence-electron chi connectivity index (χ1n) is 9.83. The lowest BCUT2D eigenvalue weighted by atomic mass is 10.1. The molecule has 0 spiro atoms. The Morgan fingerprint density at radius 3 is 2.39 bits per heavy atom. The van der Waals surface area contributed by atoms with Gasteiger partial charge in [-0.25, -0.2) is 8.42 Å². The lowest BCUT2D eigenvalue weighted by Gasteiger charge is -2.26. The molecule has 2 aliphatic rings. The van der Waals surface area contributed by atoms with Crippen molar-refractivity contribution in [2.45, 2.75) is 31.1 Å². The summed E-state index contributed by atoms with van der Waals surface area (Å²) in [4.78, 5) is 24.8. The number of ether oxygens (including phenoxy) is 2. The number of Topliss-reactive ketones (excluding diaryl/α,β-unsaturated/α-hetero) is 1. The molecule has 0 aromatic heterocycles. The van der Waals surface area contributed by atoms with Crippen molar-refractivity contribution >= 4 is 39.0 Å². The van der Waals surface area contributed by atoms with E-state index >= 15 is 0 Å². The van der Waals surface area contributed by atoms with E-state index in [4.69, 9.17) is 21.1 Å². The van der Waals surface area contributed by atoms with Crippen LogP contribution in [0.1, 0.15) is 46.9 Å². The molecule has 1 amide bonds. The molecule has 2 aliphatic heterocycles. The monoisotopic (exact) mass is 464 g/mol. The number of carbonyl (C=O) groups is 2. The second-order valence-corrected chi connectivity index (χ2v) is 9.68. The highest BCUT2D eigenvalue weighted by atomic mass is 35.5. The highest BCUT2D eigenvalue weighted by Crippen LogP contribution is 2.37. The molecular formula is C21H21ClN2O6S. The van der Waals surface area contributed by atoms with Gasteiger partial charge in [0.15, 0.2) is 17.3 Å². The Morgan fingerprint density at radius 2 is 1.71 bits per heavy atom. The molecule has 1 saturated heterocycles. The number of halogens is 1. The SMILES string of the molecule is CC(=O)c1cc2c(cc1NC(=O)c1ccc(Cl)c(S(=O)(=O)N3CCCCC3)c1)OCO2. The normalized spacial score (nSPS) is 16.2. The number of carbonyl (C=O) groups excluding carboxylic acids is 2. The zero-order valence-electron chi connectivity index (χ0n) is 16.8. The van der Waals surface area contributed by atoms with Crippen molar-refractivity contribution in [1.82, 2.24) is 4.31 Å². The number of amides is 1. The minimum Gasteiger partial charge on any atom is -0.454 e. The van der Waals surface area contributed by atoms with Gasteiger partial charge in [0, 0.05) is 30.3 Å². The molecule has 0 radical (unpaired) electrons. The van der Waals surface area contributed by atoms with Gasteiger partial charge < -0.3 is 14.8 Å². The van der Waals surface area contributed by atoms with Gasteiger partial charge in [-0.3, -0.25) is 9.59 Å². The fraction of sp³-hybridized carbons (Fsp3) is 0.333. The molecule has 2 aromatic rings. The van der Waals surface area contributed by atoms with Crippen molar-refractivity contribution in [3.63, 3.8) is 0 Å². The van der Waals surface area contributed by atoms with Crippen molar-refractivity contribution in [3.8, 4) is 11.5 Å². The van der Waals surface area contributed by atoms with Crippen molar-refractivity contribution in [3.05, 3.63) is 46.5 Å². The predicted molar refractivity (Wildman–Crippen MR) is 115 cm³/mol. The maximum atomic E-state index is 13.0. The van der Waals surface area contributed by atoms with E-state index in [1.54, 1.807) is 0 Å². The lowest BCUT2D eigenvalue weighted by Crippen LogP contribution is -2.35. The van der Waals surface area contributed by atoms with Gasteiger partial charge in [-0.2, -0.15) is 4.31 Å². The molecule has 8 nitrogen and oxygen atoms in total. The van der Waals surface area contributed by atoms with Gasteiger partial charge in [0.1, 0.15) is 4.90 Å². The molecule has 31 heavy (non-hydrogen) atoms. The molecule has 10 heteroatoms. The van der Waals surface area contributed by atoms with Crippen molar-refractivity contribution in [2.75, 3.05) is 25.2 Å². The van der Waals surface area contributed by atoms with Gasteiger partial charge in [-0.1, -0.05) is 18.0 Å². The Labute approximate surface area is 185 Å². The first-order chi connectivity index (χ1) is 14.8. The van der Waals surface area contributed by atoms with Crippen molar-refractivity contribution < 1.29 is 27.5 Å². The van der Waals surface area contributed by atoms with Crippen LogP contribution in [0.25, 0.3) is 0 Å². The quantitative estimate of drug-likeness (QED) is 0.677. The van der Waals surface area contributed by atoms with Crippen LogP contribution in [0.4, 0.5) is 5.69 Å². The molecule has 0 unspecified atom stereocenters. The van der Waals surface area contributed by atoms with Gasteiger partial charge in [0.05, 0.1) is 10.7 Å². The molecule has 2 heterocycles. The fourth-order valence-corrected chi connectivity index (χ4v) is 5.64. The van der Waals surface area contributed by atoms with Crippen LogP contribution in [0, 0.1) is 0 Å². The molecule has 1 N–H and O–H groups in total. The van der Waals surface area contributed by atoms with Gasteiger partial charge in [-0.15, -0.1) is 0 Å². The van der Waals surface area contributed by atoms with E-state index in [0.717, 1.165) is 19.3 Å². The summed E-state index contributed by atoms with van der Waals surface area (Å²) in [5.74, 6) is -0.0134. The third-order valence-electron chi connectivity index (χ3n) is 5.27. The van der Waals surface area contributed by atoms with Crippen LogP contribution in [-0.4, -0.2) is 44.3 Å². The van der Waals surface area contributed by atoms with Gasteiger partial charge in [0.25, 0.3) is 5.91 Å². The number of sulfonamides is 1. The van der Waals surface area contributed by atoms with Gasteiger partial charge >= 0.3 is 0 Å². The summed E-state index contributed by atoms with van der Waals surface area (Å²) in [6, 6.07) is 7.11. The number of hydrogen-bond donors (Lipinski definition) is 1. The Bertz CT molecular complexity index is 1160. The number of fused-ring (bicyclic) bond motifs is 1. The van der Waals surface area contributed by atoms with Crippen LogP contribution in [0.3, 0.4) is 0 Å². The molecular weight excluding hydrogens is 444 g/mol. The van der Waals surface area contributed by atoms with Crippen LogP contribution < -0.4 is 14.8 Å². The molecule has 0 bridgehead atoms. The van der Waals surface area contributed by atoms with E-state index in [1.807, 2.05) is 0 Å². The summed E-state index contributed by atoms with van der Waals surface area (Å²) in [5.41, 5.74) is 0.608. The average molecular weight is 465 g/mol. The zero-order chi connectivity index (χ0) is 22.2. The van der Waals surface area contributed by atoms with Gasteiger partial charge in [0.2, 0.25) is 16.8 Å². The highest BCUT2D eigenvalue weighted by molar-refractivity contribution is 7.89. The summed E-state index contributed by atoms with van der Waals surface area (Å²) in [6.07, 6.45) is 2.56. The number of rotatable bonds is 5. The summed E-state index contributed by atoms with van der Waals surface area (Å²) in [5, 5.41) is 2.72. The van der Waals surface area contributed by atoms with E-state index in [9.17, 15) is 18.0 Å². The van der Waals surface area contributed by atoms with Crippen molar-refractivity contribution in [2.24, 2.45) is 0 Å². The van der Waals surface area contributed by atoms with Crippen LogP contribution in [0.2, 0.25) is 5.02 Å². The minimum absolute atomic E-state index is 0.0268. The third-order valence-corrected chi connectivity index (χ3v) is 7.65. The second-order valence-electron chi connectivity index (χ2n) is 7.37. The number of hydrogen-bond acceptors (Lipinski definition) is 6. The van der Waals surface area contributed by atoms with E-state index < -0.39 is 15.9 Å². The molecule has 0 atom stereocenters. The van der Waals surface area contributed by atoms with Crippen molar-refractivity contribution in [1.29, 1.82) is 0 Å². The lowest BCUT2D eigenvalue weighted by molar-refractivity contribution is 0.101. The molecule has 1 fully saturated rings. The maximum Gasteiger partial charge on any atom is 0.255 e. The summed E-state index contributed by atoms with van der Waals surface area (Å²) >= 11 is 6.18. The molecule has 2 aromatic carbocycles. The summed E-state index contributed by atoms with van der Waals surface area (Å²) in [6.45, 7) is 2.25. The predicted octanol–water partition coefficient (Wildman–Crippen LogP) is 3.70. The largest absolute Gasteiger partial charge is 0.454 e. The van der Waals surface area contributed by atoms with Crippen LogP contribution >= 0.6 is 11.6 Å². The Hall–Kier alpha value is -2.62. The topological polar surface area (TPSA) is 102 Å². The van der Waals surface area contributed by atoms with Crippen LogP contribution in [0.5, 0.6) is 11.5 Å². The zero-order valence-corrected chi connectivity index (χ0v) is 18.4. The van der Waals surface area contributed by atoms with Crippen LogP contribution in [-0.2, 0) is 10.0 Å². The summed E-state index contributed by atoms with van der Waals surface area (Å²) < 4.78 is 38.1. The third kappa shape index (κ3) is 4.26. The number of nitrogens with one attached hydrogen (secondary N) is 1. The number of piperidine rings is 1. The molecule has 4 rings (SSSR count). The standard InChI is InChI=1S/C21H21ClN2O6S/c1-13(25)15-10-18-19(30-12-29-18)11-17(15)23-21(26)14-5-6-16(22)20(9-14)31(27,28)24-7-3-2-4-8-24/h5-6,9-11H,2-4,7-8,12H2,1H3,(H,23,26). The maximum absolute atomic E-state index is 13.0. The van der Waals surface area contributed by atoms with E-state index in [0.29, 0.717) is 24.6 Å². The first-order valence-corrected chi connectivity index (χ1v) is 11.6. The van der Waals surface area contributed by atoms with E-state index in [1.165, 1.54) is 41.6 Å². The number of anilines is 1. The number of nitrogens with zero attached hydrogens (tertiary/aromatic N) is 1. The second kappa shape index (κ2) is 8.49. The number of benzene rings is 2. The summed E-state index contributed by atoms with van der Waals surface area (Å²) in [7, 11) is -3.82. The Kier molecular flexibility index (Phi) is 5.92. The molecule has 164 valence electrons. The number of ketones is 1. The van der Waals surface area contributed by atoms with Crippen LogP contribution in [0.15, 0.2) is 35.2 Å². The van der Waals surface area contributed by atoms with E-state index in [-0.39, 0.29) is 39.3 Å². The Morgan fingerprint density at radius 1 is 1.03 bits per heavy atom. The Balaban J connectivity index is 1.65. The average Bonchev–Trinajstić information content (AvgIpc) is 3.21. The molecule has 0 aliphatic carbocycles. The minimum atomic E-state index is -3.82.